The zero-order chi connectivity index (χ0) is 12.5. The minimum absolute atomic E-state index is 0.0472. The minimum Gasteiger partial charge on any atom is -0.160 e. The van der Waals surface area contributed by atoms with Crippen LogP contribution in [-0.4, -0.2) is 5.51 Å². The number of thioether (sulfide) groups is 1. The third-order valence-corrected chi connectivity index (χ3v) is 4.14. The largest absolute Gasteiger partial charge is 0.446 e. The van der Waals surface area contributed by atoms with Crippen molar-refractivity contribution < 1.29 is 13.2 Å². The van der Waals surface area contributed by atoms with E-state index in [2.05, 4.69) is 6.92 Å². The Bertz CT molecular complexity index is 369. The monoisotopic (exact) mass is 260 g/mol. The van der Waals surface area contributed by atoms with Crippen LogP contribution in [0.5, 0.6) is 0 Å². The van der Waals surface area contributed by atoms with E-state index in [1.807, 2.05) is 12.1 Å². The van der Waals surface area contributed by atoms with Crippen molar-refractivity contribution in [2.45, 2.75) is 42.5 Å². The summed E-state index contributed by atoms with van der Waals surface area (Å²) in [5.41, 5.74) is -3.01. The Morgan fingerprint density at radius 3 is 2.24 bits per heavy atom. The molecule has 2 rings (SSSR count). The van der Waals surface area contributed by atoms with E-state index < -0.39 is 5.51 Å². The van der Waals surface area contributed by atoms with Gasteiger partial charge in [-0.2, -0.15) is 13.2 Å². The predicted octanol–water partition coefficient (Wildman–Crippen LogP) is 5.20. The summed E-state index contributed by atoms with van der Waals surface area (Å²) in [5, 5.41) is 0. The molecule has 0 radical (unpaired) electrons. The van der Waals surface area contributed by atoms with E-state index in [0.29, 0.717) is 11.8 Å². The third-order valence-electron chi connectivity index (χ3n) is 3.40. The van der Waals surface area contributed by atoms with Gasteiger partial charge in [0.25, 0.3) is 0 Å². The van der Waals surface area contributed by atoms with Gasteiger partial charge in [0.1, 0.15) is 0 Å². The van der Waals surface area contributed by atoms with Gasteiger partial charge >= 0.3 is 5.51 Å². The average molecular weight is 260 g/mol. The Morgan fingerprint density at radius 2 is 1.76 bits per heavy atom. The summed E-state index contributed by atoms with van der Waals surface area (Å²) in [6, 6.07) is 6.86. The molecule has 0 heterocycles. The molecule has 0 bridgehead atoms. The van der Waals surface area contributed by atoms with Crippen molar-refractivity contribution in [2.24, 2.45) is 5.92 Å². The third kappa shape index (κ3) is 3.41. The molecule has 0 spiro atoms. The zero-order valence-corrected chi connectivity index (χ0v) is 10.4. The highest BCUT2D eigenvalue weighted by molar-refractivity contribution is 8.00. The van der Waals surface area contributed by atoms with Crippen LogP contribution in [0.15, 0.2) is 29.2 Å². The Hall–Kier alpha value is -0.640. The molecular weight excluding hydrogens is 245 g/mol. The highest BCUT2D eigenvalue weighted by Gasteiger charge is 2.29. The van der Waals surface area contributed by atoms with Gasteiger partial charge in [-0.1, -0.05) is 31.9 Å². The lowest BCUT2D eigenvalue weighted by atomic mass is 9.90. The number of halogens is 3. The molecular formula is C13H15F3S. The zero-order valence-electron chi connectivity index (χ0n) is 9.63. The number of hydrogen-bond donors (Lipinski definition) is 0. The van der Waals surface area contributed by atoms with Gasteiger partial charge in [0.05, 0.1) is 0 Å². The molecule has 1 aromatic rings. The summed E-state index contributed by atoms with van der Waals surface area (Å²) in [6.45, 7) is 2.22. The first kappa shape index (κ1) is 12.8. The van der Waals surface area contributed by atoms with Crippen molar-refractivity contribution in [3.63, 3.8) is 0 Å². The standard InChI is InChI=1S/C13H15F3S/c1-9-3-2-4-12(9)10-5-7-11(8-6-10)17-13(14,15)16/h5-9,12H,2-4H2,1H3. The maximum atomic E-state index is 12.2. The molecule has 17 heavy (non-hydrogen) atoms. The molecule has 1 saturated carbocycles. The SMILES string of the molecule is CC1CCCC1c1ccc(SC(F)(F)F)cc1. The van der Waals surface area contributed by atoms with E-state index in [4.69, 9.17) is 0 Å². The summed E-state index contributed by atoms with van der Waals surface area (Å²) in [5.74, 6) is 1.18. The number of benzene rings is 1. The second-order valence-corrected chi connectivity index (χ2v) is 5.77. The van der Waals surface area contributed by atoms with Crippen molar-refractivity contribution in [1.82, 2.24) is 0 Å². The summed E-state index contributed by atoms with van der Waals surface area (Å²) >= 11 is -0.0472. The van der Waals surface area contributed by atoms with Crippen molar-refractivity contribution in [1.29, 1.82) is 0 Å². The number of rotatable bonds is 2. The molecule has 1 aromatic carbocycles. The van der Waals surface area contributed by atoms with Gasteiger partial charge in [-0.25, -0.2) is 0 Å². The summed E-state index contributed by atoms with van der Waals surface area (Å²) in [7, 11) is 0. The molecule has 0 nitrogen and oxygen atoms in total. The number of hydrogen-bond acceptors (Lipinski definition) is 1. The first-order chi connectivity index (χ1) is 7.96. The fourth-order valence-corrected chi connectivity index (χ4v) is 3.10. The van der Waals surface area contributed by atoms with E-state index in [1.165, 1.54) is 18.4 Å². The quantitative estimate of drug-likeness (QED) is 0.658. The maximum absolute atomic E-state index is 12.2. The van der Waals surface area contributed by atoms with Crippen LogP contribution in [0.25, 0.3) is 0 Å². The van der Waals surface area contributed by atoms with Crippen molar-refractivity contribution in [3.05, 3.63) is 29.8 Å². The highest BCUT2D eigenvalue weighted by Crippen LogP contribution is 2.41. The molecule has 0 aromatic heterocycles. The van der Waals surface area contributed by atoms with E-state index in [1.54, 1.807) is 12.1 Å². The van der Waals surface area contributed by atoms with Crippen molar-refractivity contribution in [3.8, 4) is 0 Å². The van der Waals surface area contributed by atoms with Crippen LogP contribution in [0.3, 0.4) is 0 Å². The molecule has 0 saturated heterocycles. The smallest absolute Gasteiger partial charge is 0.160 e. The van der Waals surface area contributed by atoms with Gasteiger partial charge in [0, 0.05) is 4.90 Å². The molecule has 4 heteroatoms. The topological polar surface area (TPSA) is 0 Å². The van der Waals surface area contributed by atoms with Gasteiger partial charge in [0.15, 0.2) is 0 Å². The summed E-state index contributed by atoms with van der Waals surface area (Å²) < 4.78 is 36.5. The second-order valence-electron chi connectivity index (χ2n) is 4.63. The van der Waals surface area contributed by atoms with E-state index >= 15 is 0 Å². The maximum Gasteiger partial charge on any atom is 0.446 e. The van der Waals surface area contributed by atoms with Crippen molar-refractivity contribution >= 4 is 11.8 Å². The normalized spacial score (nSPS) is 25.2. The van der Waals surface area contributed by atoms with Gasteiger partial charge in [-0.05, 0) is 47.7 Å². The van der Waals surface area contributed by atoms with E-state index in [9.17, 15) is 13.2 Å². The molecule has 0 aliphatic heterocycles. The molecule has 94 valence electrons. The van der Waals surface area contributed by atoms with Crippen LogP contribution < -0.4 is 0 Å². The fourth-order valence-electron chi connectivity index (χ4n) is 2.56. The second kappa shape index (κ2) is 4.92. The van der Waals surface area contributed by atoms with Crippen LogP contribution in [0.1, 0.15) is 37.7 Å². The molecule has 1 aliphatic carbocycles. The van der Waals surface area contributed by atoms with Gasteiger partial charge in [0.2, 0.25) is 0 Å². The lowest BCUT2D eigenvalue weighted by Crippen LogP contribution is -2.02. The molecule has 2 unspecified atom stereocenters. The molecule has 1 fully saturated rings. The lowest BCUT2D eigenvalue weighted by molar-refractivity contribution is -0.0328. The summed E-state index contributed by atoms with van der Waals surface area (Å²) in [6.07, 6.45) is 3.61. The minimum atomic E-state index is -4.19. The van der Waals surface area contributed by atoms with Crippen LogP contribution >= 0.6 is 11.8 Å². The van der Waals surface area contributed by atoms with Crippen LogP contribution in [0.4, 0.5) is 13.2 Å². The fraction of sp³-hybridized carbons (Fsp3) is 0.538. The Labute approximate surface area is 104 Å². The van der Waals surface area contributed by atoms with Crippen molar-refractivity contribution in [2.75, 3.05) is 0 Å². The Morgan fingerprint density at radius 1 is 1.12 bits per heavy atom. The van der Waals surface area contributed by atoms with E-state index in [0.717, 1.165) is 6.42 Å². The lowest BCUT2D eigenvalue weighted by Gasteiger charge is -2.16. The average Bonchev–Trinajstić information content (AvgIpc) is 2.63. The highest BCUT2D eigenvalue weighted by atomic mass is 32.2. The van der Waals surface area contributed by atoms with E-state index in [-0.39, 0.29) is 16.7 Å². The first-order valence-electron chi connectivity index (χ1n) is 5.81. The van der Waals surface area contributed by atoms with Crippen LogP contribution in [0, 0.1) is 5.92 Å². The van der Waals surface area contributed by atoms with Gasteiger partial charge in [-0.3, -0.25) is 0 Å². The predicted molar refractivity (Wildman–Crippen MR) is 64.1 cm³/mol. The molecule has 1 aliphatic rings. The summed E-state index contributed by atoms with van der Waals surface area (Å²) in [4.78, 5) is 0.270. The molecule has 2 atom stereocenters. The Balaban J connectivity index is 2.07. The van der Waals surface area contributed by atoms with Crippen LogP contribution in [0.2, 0.25) is 0 Å². The first-order valence-corrected chi connectivity index (χ1v) is 6.63. The Kier molecular flexibility index (Phi) is 3.71. The van der Waals surface area contributed by atoms with Gasteiger partial charge < -0.3 is 0 Å². The van der Waals surface area contributed by atoms with Gasteiger partial charge in [-0.15, -0.1) is 0 Å². The number of alkyl halides is 3. The molecule has 0 amide bonds. The molecule has 0 N–H and O–H groups in total. The van der Waals surface area contributed by atoms with Crippen LogP contribution in [-0.2, 0) is 0 Å².